The zero-order valence-electron chi connectivity index (χ0n) is 8.93. The molecule has 1 saturated heterocycles. The predicted octanol–water partition coefficient (Wildman–Crippen LogP) is -0.804. The van der Waals surface area contributed by atoms with E-state index in [1.807, 2.05) is 0 Å². The highest BCUT2D eigenvalue weighted by molar-refractivity contribution is 7.91. The lowest BCUT2D eigenvalue weighted by Crippen LogP contribution is -2.40. The van der Waals surface area contributed by atoms with E-state index in [2.05, 4.69) is 5.32 Å². The molecular weight excluding hydrogens is 238 g/mol. The van der Waals surface area contributed by atoms with E-state index in [0.29, 0.717) is 6.42 Å². The van der Waals surface area contributed by atoms with Gasteiger partial charge in [-0.2, -0.15) is 0 Å². The van der Waals surface area contributed by atoms with Gasteiger partial charge in [0.05, 0.1) is 17.3 Å². The fraction of sp³-hybridized carbons (Fsp3) is 1.00. The highest BCUT2D eigenvalue weighted by atomic mass is 32.2. The van der Waals surface area contributed by atoms with Gasteiger partial charge in [0.25, 0.3) is 0 Å². The molecule has 7 heteroatoms. The van der Waals surface area contributed by atoms with Crippen LogP contribution in [0.5, 0.6) is 0 Å². The van der Waals surface area contributed by atoms with Gasteiger partial charge >= 0.3 is 0 Å². The quantitative estimate of drug-likeness (QED) is 0.711. The van der Waals surface area contributed by atoms with E-state index < -0.39 is 19.7 Å². The molecule has 1 N–H and O–H groups in total. The molecule has 2 atom stereocenters. The third-order valence-corrected chi connectivity index (χ3v) is 5.18. The first-order chi connectivity index (χ1) is 6.68. The molecule has 1 heterocycles. The number of sulfone groups is 2. The van der Waals surface area contributed by atoms with Gasteiger partial charge < -0.3 is 5.32 Å². The van der Waals surface area contributed by atoms with Crippen molar-refractivity contribution >= 4 is 19.7 Å². The Morgan fingerprint density at radius 3 is 2.47 bits per heavy atom. The molecule has 0 amide bonds. The van der Waals surface area contributed by atoms with Crippen LogP contribution in [0.4, 0.5) is 0 Å². The third-order valence-electron chi connectivity index (χ3n) is 2.31. The summed E-state index contributed by atoms with van der Waals surface area (Å²) in [4.78, 5) is 0. The first kappa shape index (κ1) is 12.9. The molecule has 0 spiro atoms. The number of hydrogen-bond donors (Lipinski definition) is 1. The van der Waals surface area contributed by atoms with E-state index in [-0.39, 0.29) is 29.3 Å². The van der Waals surface area contributed by atoms with E-state index in [1.54, 1.807) is 6.92 Å². The molecule has 1 aliphatic rings. The van der Waals surface area contributed by atoms with Gasteiger partial charge in [-0.15, -0.1) is 0 Å². The summed E-state index contributed by atoms with van der Waals surface area (Å²) in [5.74, 6) is 0.376. The maximum absolute atomic E-state index is 11.1. The molecule has 1 rings (SSSR count). The van der Waals surface area contributed by atoms with Gasteiger partial charge in [0.2, 0.25) is 0 Å². The van der Waals surface area contributed by atoms with Gasteiger partial charge in [-0.3, -0.25) is 0 Å². The molecule has 1 aliphatic heterocycles. The first-order valence-corrected chi connectivity index (χ1v) is 8.70. The van der Waals surface area contributed by atoms with E-state index in [4.69, 9.17) is 0 Å². The molecule has 0 aromatic heterocycles. The Morgan fingerprint density at radius 2 is 2.07 bits per heavy atom. The summed E-state index contributed by atoms with van der Waals surface area (Å²) >= 11 is 0. The summed E-state index contributed by atoms with van der Waals surface area (Å²) in [7, 11) is -5.90. The molecular formula is C8H17NO4S2. The van der Waals surface area contributed by atoms with Crippen LogP contribution in [-0.2, 0) is 19.7 Å². The van der Waals surface area contributed by atoms with Crippen LogP contribution in [0, 0.1) is 0 Å². The van der Waals surface area contributed by atoms with Gasteiger partial charge in [0.15, 0.2) is 9.84 Å². The molecule has 1 fully saturated rings. The lowest BCUT2D eigenvalue weighted by atomic mass is 10.2. The Kier molecular flexibility index (Phi) is 3.78. The second-order valence-electron chi connectivity index (χ2n) is 4.26. The topological polar surface area (TPSA) is 80.3 Å². The van der Waals surface area contributed by atoms with Crippen molar-refractivity contribution < 1.29 is 16.8 Å². The van der Waals surface area contributed by atoms with E-state index in [1.165, 1.54) is 6.26 Å². The summed E-state index contributed by atoms with van der Waals surface area (Å²) in [6, 6.07) is -0.287. The van der Waals surface area contributed by atoms with Crippen molar-refractivity contribution in [2.24, 2.45) is 0 Å². The molecule has 0 aliphatic carbocycles. The summed E-state index contributed by atoms with van der Waals surface area (Å²) in [5.41, 5.74) is 0. The molecule has 0 aromatic rings. The van der Waals surface area contributed by atoms with Gasteiger partial charge in [0, 0.05) is 18.3 Å². The average Bonchev–Trinajstić information content (AvgIpc) is 2.25. The second-order valence-corrected chi connectivity index (χ2v) is 8.67. The molecule has 0 saturated carbocycles. The Hall–Kier alpha value is -0.140. The number of rotatable bonds is 4. The SMILES string of the molecule is CC(CS(C)(=O)=O)NC1CCS(=O)(=O)C1. The van der Waals surface area contributed by atoms with Crippen LogP contribution in [0.1, 0.15) is 13.3 Å². The van der Waals surface area contributed by atoms with Crippen molar-refractivity contribution in [3.63, 3.8) is 0 Å². The van der Waals surface area contributed by atoms with Crippen LogP contribution in [0.3, 0.4) is 0 Å². The van der Waals surface area contributed by atoms with Crippen molar-refractivity contribution in [3.05, 3.63) is 0 Å². The van der Waals surface area contributed by atoms with Gasteiger partial charge in [-0.25, -0.2) is 16.8 Å². The minimum atomic E-state index is -3.01. The Labute approximate surface area is 91.1 Å². The highest BCUT2D eigenvalue weighted by Gasteiger charge is 2.28. The van der Waals surface area contributed by atoms with E-state index in [0.717, 1.165) is 0 Å². The average molecular weight is 255 g/mol. The second kappa shape index (κ2) is 4.39. The maximum atomic E-state index is 11.1. The zero-order chi connectivity index (χ0) is 11.7. The Balaban J connectivity index is 2.44. The standard InChI is InChI=1S/C8H17NO4S2/c1-7(5-14(2,10)11)9-8-3-4-15(12,13)6-8/h7-9H,3-6H2,1-2H3. The van der Waals surface area contributed by atoms with Gasteiger partial charge in [-0.1, -0.05) is 0 Å². The van der Waals surface area contributed by atoms with Crippen molar-refractivity contribution in [3.8, 4) is 0 Å². The van der Waals surface area contributed by atoms with Crippen molar-refractivity contribution in [1.29, 1.82) is 0 Å². The molecule has 2 unspecified atom stereocenters. The maximum Gasteiger partial charge on any atom is 0.151 e. The highest BCUT2D eigenvalue weighted by Crippen LogP contribution is 2.12. The molecule has 0 bridgehead atoms. The molecule has 0 aromatic carbocycles. The van der Waals surface area contributed by atoms with Crippen LogP contribution in [-0.4, -0.2) is 52.4 Å². The minimum absolute atomic E-state index is 0.0452. The monoisotopic (exact) mass is 255 g/mol. The van der Waals surface area contributed by atoms with Crippen LogP contribution in [0.2, 0.25) is 0 Å². The zero-order valence-corrected chi connectivity index (χ0v) is 10.6. The predicted molar refractivity (Wildman–Crippen MR) is 59.4 cm³/mol. The number of nitrogens with one attached hydrogen (secondary N) is 1. The summed E-state index contributed by atoms with van der Waals surface area (Å²) in [6.45, 7) is 1.76. The smallest absolute Gasteiger partial charge is 0.151 e. The summed E-state index contributed by atoms with van der Waals surface area (Å²) in [5, 5.41) is 3.03. The summed E-state index contributed by atoms with van der Waals surface area (Å²) < 4.78 is 44.3. The molecule has 0 radical (unpaired) electrons. The van der Waals surface area contributed by atoms with Crippen LogP contribution in [0.15, 0.2) is 0 Å². The van der Waals surface area contributed by atoms with E-state index >= 15 is 0 Å². The Morgan fingerprint density at radius 1 is 1.47 bits per heavy atom. The van der Waals surface area contributed by atoms with Crippen molar-refractivity contribution in [2.45, 2.75) is 25.4 Å². The van der Waals surface area contributed by atoms with Gasteiger partial charge in [-0.05, 0) is 13.3 Å². The molecule has 5 nitrogen and oxygen atoms in total. The van der Waals surface area contributed by atoms with Crippen LogP contribution >= 0.6 is 0 Å². The summed E-state index contributed by atoms with van der Waals surface area (Å²) in [6.07, 6.45) is 1.76. The fourth-order valence-corrected chi connectivity index (χ4v) is 4.52. The van der Waals surface area contributed by atoms with E-state index in [9.17, 15) is 16.8 Å². The van der Waals surface area contributed by atoms with Gasteiger partial charge in [0.1, 0.15) is 9.84 Å². The largest absolute Gasteiger partial charge is 0.309 e. The van der Waals surface area contributed by atoms with Crippen molar-refractivity contribution in [1.82, 2.24) is 5.32 Å². The van der Waals surface area contributed by atoms with Crippen LogP contribution < -0.4 is 5.32 Å². The lowest BCUT2D eigenvalue weighted by molar-refractivity contribution is 0.491. The molecule has 90 valence electrons. The van der Waals surface area contributed by atoms with Crippen LogP contribution in [0.25, 0.3) is 0 Å². The van der Waals surface area contributed by atoms with Crippen molar-refractivity contribution in [2.75, 3.05) is 23.5 Å². The first-order valence-electron chi connectivity index (χ1n) is 4.82. The normalized spacial score (nSPS) is 27.7. The molecule has 15 heavy (non-hydrogen) atoms. The lowest BCUT2D eigenvalue weighted by Gasteiger charge is -2.17. The third kappa shape index (κ3) is 4.94. The Bertz CT molecular complexity index is 412. The minimum Gasteiger partial charge on any atom is -0.309 e. The fourth-order valence-electron chi connectivity index (χ4n) is 1.83. The number of hydrogen-bond acceptors (Lipinski definition) is 5.